The van der Waals surface area contributed by atoms with Gasteiger partial charge in [0.1, 0.15) is 24.6 Å². The lowest BCUT2D eigenvalue weighted by Crippen LogP contribution is -2.47. The highest BCUT2D eigenvalue weighted by molar-refractivity contribution is 6.37. The Hall–Kier alpha value is -2.68. The smallest absolute Gasteiger partial charge is 0.407 e. The molecule has 10 heteroatoms. The number of carbonyl (C=O) groups is 2. The number of nitrogens with zero attached hydrogens (tertiary/aromatic N) is 1. The van der Waals surface area contributed by atoms with Gasteiger partial charge in [0.05, 0.1) is 29.2 Å². The molecule has 1 N–H and O–H groups in total. The highest BCUT2D eigenvalue weighted by Gasteiger charge is 2.27. The van der Waals surface area contributed by atoms with Gasteiger partial charge in [-0.25, -0.2) is 4.79 Å². The number of hydrogen-bond acceptors (Lipinski definition) is 6. The van der Waals surface area contributed by atoms with Gasteiger partial charge in [0, 0.05) is 19.6 Å². The molecule has 1 atom stereocenters. The Labute approximate surface area is 234 Å². The van der Waals surface area contributed by atoms with Gasteiger partial charge in [-0.1, -0.05) is 35.3 Å². The van der Waals surface area contributed by atoms with Crippen LogP contribution in [0.1, 0.15) is 31.9 Å². The molecular formula is C28H36Cl2N2O6. The van der Waals surface area contributed by atoms with Gasteiger partial charge in [0.25, 0.3) is 0 Å². The molecule has 2 aromatic carbocycles. The van der Waals surface area contributed by atoms with Crippen LogP contribution in [-0.4, -0.2) is 68.6 Å². The van der Waals surface area contributed by atoms with E-state index in [0.29, 0.717) is 60.9 Å². The lowest BCUT2D eigenvalue weighted by atomic mass is 9.97. The fourth-order valence-corrected chi connectivity index (χ4v) is 4.65. The van der Waals surface area contributed by atoms with E-state index in [2.05, 4.69) is 5.32 Å². The van der Waals surface area contributed by atoms with E-state index in [1.165, 1.54) is 0 Å². The monoisotopic (exact) mass is 566 g/mol. The van der Waals surface area contributed by atoms with E-state index in [0.717, 1.165) is 11.1 Å². The molecule has 0 saturated carbocycles. The van der Waals surface area contributed by atoms with E-state index in [4.69, 9.17) is 42.1 Å². The number of ether oxygens (including phenoxy) is 4. The second kappa shape index (κ2) is 13.9. The summed E-state index contributed by atoms with van der Waals surface area (Å²) in [5, 5.41) is 3.67. The number of morpholine rings is 1. The van der Waals surface area contributed by atoms with E-state index in [1.807, 2.05) is 31.2 Å². The number of alkyl carbamates (subject to hydrolysis) is 1. The van der Waals surface area contributed by atoms with Crippen molar-refractivity contribution in [1.29, 1.82) is 0 Å². The Morgan fingerprint density at radius 1 is 1.03 bits per heavy atom. The Kier molecular flexibility index (Phi) is 10.9. The highest BCUT2D eigenvalue weighted by atomic mass is 35.5. The number of halogens is 2. The summed E-state index contributed by atoms with van der Waals surface area (Å²) in [6.45, 7) is 10.1. The van der Waals surface area contributed by atoms with Gasteiger partial charge in [-0.15, -0.1) is 0 Å². The summed E-state index contributed by atoms with van der Waals surface area (Å²) in [5.41, 5.74) is 1.29. The maximum absolute atomic E-state index is 13.2. The quantitative estimate of drug-likeness (QED) is 0.392. The summed E-state index contributed by atoms with van der Waals surface area (Å²) < 4.78 is 22.2. The second-order valence-corrected chi connectivity index (χ2v) is 10.9. The maximum atomic E-state index is 13.2. The molecule has 38 heavy (non-hydrogen) atoms. The lowest BCUT2D eigenvalue weighted by Gasteiger charge is -2.31. The Morgan fingerprint density at radius 3 is 2.24 bits per heavy atom. The van der Waals surface area contributed by atoms with Crippen molar-refractivity contribution in [2.45, 2.75) is 39.7 Å². The first kappa shape index (κ1) is 29.9. The Balaban J connectivity index is 1.55. The fourth-order valence-electron chi connectivity index (χ4n) is 3.94. The molecule has 2 amide bonds. The van der Waals surface area contributed by atoms with E-state index >= 15 is 0 Å². The molecule has 2 aromatic rings. The fraction of sp³-hybridized carbons (Fsp3) is 0.500. The molecule has 0 aromatic heterocycles. The van der Waals surface area contributed by atoms with Crippen LogP contribution in [0.15, 0.2) is 36.4 Å². The number of hydrogen-bond donors (Lipinski definition) is 1. The number of benzene rings is 2. The average Bonchev–Trinajstić information content (AvgIpc) is 2.85. The van der Waals surface area contributed by atoms with Gasteiger partial charge in [-0.2, -0.15) is 0 Å². The van der Waals surface area contributed by atoms with Crippen molar-refractivity contribution < 1.29 is 28.5 Å². The lowest BCUT2D eigenvalue weighted by molar-refractivity contribution is -0.139. The summed E-state index contributed by atoms with van der Waals surface area (Å²) in [4.78, 5) is 27.2. The molecule has 3 rings (SSSR count). The molecule has 0 radical (unpaired) electrons. The van der Waals surface area contributed by atoms with Crippen molar-refractivity contribution in [2.75, 3.05) is 46.1 Å². The summed E-state index contributed by atoms with van der Waals surface area (Å²) in [7, 11) is 0. The first-order chi connectivity index (χ1) is 18.0. The summed E-state index contributed by atoms with van der Waals surface area (Å²) in [6.07, 6.45) is -0.0868. The molecule has 1 saturated heterocycles. The molecule has 8 nitrogen and oxygen atoms in total. The van der Waals surface area contributed by atoms with Crippen LogP contribution in [-0.2, 0) is 20.7 Å². The van der Waals surface area contributed by atoms with Gasteiger partial charge in [-0.05, 0) is 69.5 Å². The minimum Gasteiger partial charge on any atom is -0.490 e. The van der Waals surface area contributed by atoms with Crippen LogP contribution >= 0.6 is 23.2 Å². The summed E-state index contributed by atoms with van der Waals surface area (Å²) in [5.74, 6) is 0.648. The third kappa shape index (κ3) is 9.57. The zero-order chi connectivity index (χ0) is 27.7. The minimum absolute atomic E-state index is 0.0183. The number of rotatable bonds is 10. The Bertz CT molecular complexity index is 1060. The highest BCUT2D eigenvalue weighted by Crippen LogP contribution is 2.34. The van der Waals surface area contributed by atoms with Crippen LogP contribution in [0.25, 0.3) is 0 Å². The van der Waals surface area contributed by atoms with Gasteiger partial charge >= 0.3 is 6.09 Å². The van der Waals surface area contributed by atoms with Crippen LogP contribution in [0, 0.1) is 12.8 Å². The van der Waals surface area contributed by atoms with Gasteiger partial charge in [-0.3, -0.25) is 4.79 Å². The predicted octanol–water partition coefficient (Wildman–Crippen LogP) is 5.30. The number of amides is 2. The van der Waals surface area contributed by atoms with Crippen LogP contribution in [0.2, 0.25) is 10.0 Å². The van der Waals surface area contributed by atoms with Gasteiger partial charge in [0.2, 0.25) is 5.91 Å². The SMILES string of the molecule is Cc1cc(Cl)c(OCCOc2ccc(CC(CNC(=O)OC(C)(C)C)C(=O)N3CCOCC3)cc2)c(Cl)c1. The van der Waals surface area contributed by atoms with E-state index in [9.17, 15) is 9.59 Å². The van der Waals surface area contributed by atoms with Crippen LogP contribution in [0.5, 0.6) is 11.5 Å². The van der Waals surface area contributed by atoms with Crippen molar-refractivity contribution in [2.24, 2.45) is 5.92 Å². The van der Waals surface area contributed by atoms with Gasteiger partial charge < -0.3 is 29.2 Å². The van der Waals surface area contributed by atoms with E-state index in [-0.39, 0.29) is 19.1 Å². The molecule has 1 aliphatic rings. The first-order valence-corrected chi connectivity index (χ1v) is 13.4. The van der Waals surface area contributed by atoms with Crippen molar-refractivity contribution in [3.63, 3.8) is 0 Å². The van der Waals surface area contributed by atoms with Crippen molar-refractivity contribution in [3.05, 3.63) is 57.6 Å². The topological polar surface area (TPSA) is 86.3 Å². The summed E-state index contributed by atoms with van der Waals surface area (Å²) in [6, 6.07) is 11.1. The number of carbonyl (C=O) groups excluding carboxylic acids is 2. The minimum atomic E-state index is -0.618. The molecule has 1 fully saturated rings. The predicted molar refractivity (Wildman–Crippen MR) is 147 cm³/mol. The second-order valence-electron chi connectivity index (χ2n) is 10.1. The Morgan fingerprint density at radius 2 is 1.63 bits per heavy atom. The third-order valence-corrected chi connectivity index (χ3v) is 6.27. The zero-order valence-corrected chi connectivity index (χ0v) is 23.9. The molecule has 0 bridgehead atoms. The standard InChI is InChI=1S/C28H36Cl2N2O6/c1-19-15-23(29)25(24(30)16-19)37-14-13-36-22-7-5-20(6-8-22)17-21(18-31-27(34)38-28(2,3)4)26(33)32-9-11-35-12-10-32/h5-8,15-16,21H,9-14,17-18H2,1-4H3,(H,31,34). The van der Waals surface area contributed by atoms with Crippen LogP contribution < -0.4 is 14.8 Å². The molecular weight excluding hydrogens is 531 g/mol. The first-order valence-electron chi connectivity index (χ1n) is 12.7. The molecule has 208 valence electrons. The normalized spacial score (nSPS) is 14.5. The largest absolute Gasteiger partial charge is 0.490 e. The van der Waals surface area contributed by atoms with Crippen molar-refractivity contribution in [1.82, 2.24) is 10.2 Å². The third-order valence-electron chi connectivity index (χ3n) is 5.71. The van der Waals surface area contributed by atoms with Crippen LogP contribution in [0.3, 0.4) is 0 Å². The number of aryl methyl sites for hydroxylation is 1. The molecule has 1 aliphatic heterocycles. The molecule has 1 heterocycles. The van der Waals surface area contributed by atoms with Crippen LogP contribution in [0.4, 0.5) is 4.79 Å². The summed E-state index contributed by atoms with van der Waals surface area (Å²) >= 11 is 12.4. The zero-order valence-electron chi connectivity index (χ0n) is 22.4. The molecule has 1 unspecified atom stereocenters. The average molecular weight is 568 g/mol. The molecule has 0 aliphatic carbocycles. The maximum Gasteiger partial charge on any atom is 0.407 e. The van der Waals surface area contributed by atoms with Crippen molar-refractivity contribution in [3.8, 4) is 11.5 Å². The van der Waals surface area contributed by atoms with E-state index < -0.39 is 17.6 Å². The number of nitrogens with one attached hydrogen (secondary N) is 1. The van der Waals surface area contributed by atoms with Gasteiger partial charge in [0.15, 0.2) is 5.75 Å². The molecule has 0 spiro atoms. The van der Waals surface area contributed by atoms with Crippen molar-refractivity contribution >= 4 is 35.2 Å². The van der Waals surface area contributed by atoms with E-state index in [1.54, 1.807) is 37.8 Å².